The third kappa shape index (κ3) is 3.47. The van der Waals surface area contributed by atoms with Crippen LogP contribution in [0.4, 0.5) is 4.79 Å². The molecule has 1 aliphatic carbocycles. The van der Waals surface area contributed by atoms with Gasteiger partial charge in [-0.25, -0.2) is 9.59 Å². The lowest BCUT2D eigenvalue weighted by atomic mass is 9.84. The predicted molar refractivity (Wildman–Crippen MR) is 76.0 cm³/mol. The van der Waals surface area contributed by atoms with E-state index in [-0.39, 0.29) is 23.1 Å². The Morgan fingerprint density at radius 2 is 2.15 bits per heavy atom. The molecule has 1 aromatic heterocycles. The van der Waals surface area contributed by atoms with Crippen LogP contribution in [0.25, 0.3) is 0 Å². The molecule has 0 spiro atoms. The van der Waals surface area contributed by atoms with E-state index in [1.807, 2.05) is 0 Å². The largest absolute Gasteiger partial charge is 0.475 e. The number of carboxylic acid groups (broad SMARTS) is 1. The molecule has 0 unspecified atom stereocenters. The van der Waals surface area contributed by atoms with Crippen LogP contribution in [0.3, 0.4) is 0 Å². The van der Waals surface area contributed by atoms with Gasteiger partial charge in [0.25, 0.3) is 0 Å². The first-order chi connectivity index (χ1) is 9.54. The molecule has 1 aromatic rings. The molecule has 2 rings (SSSR count). The lowest BCUT2D eigenvalue weighted by Gasteiger charge is -2.40. The van der Waals surface area contributed by atoms with Gasteiger partial charge in [-0.2, -0.15) is 11.8 Å². The molecular formula is C13H18N2O4S. The fourth-order valence-corrected chi connectivity index (χ4v) is 3.00. The Kier molecular flexibility index (Phi) is 4.59. The van der Waals surface area contributed by atoms with Gasteiger partial charge in [-0.05, 0) is 31.2 Å². The number of carbonyl (C=O) groups excluding carboxylic acids is 1. The number of urea groups is 1. The van der Waals surface area contributed by atoms with Gasteiger partial charge in [-0.15, -0.1) is 0 Å². The summed E-state index contributed by atoms with van der Waals surface area (Å²) in [5.74, 6) is -0.827. The number of hydrogen-bond acceptors (Lipinski definition) is 4. The highest BCUT2D eigenvalue weighted by Gasteiger charge is 2.36. The van der Waals surface area contributed by atoms with E-state index in [9.17, 15) is 9.59 Å². The molecule has 0 aliphatic heterocycles. The summed E-state index contributed by atoms with van der Waals surface area (Å²) in [4.78, 5) is 22.3. The summed E-state index contributed by atoms with van der Waals surface area (Å²) in [6.45, 7) is 0.823. The summed E-state index contributed by atoms with van der Waals surface area (Å²) in [7, 11) is 0. The zero-order chi connectivity index (χ0) is 14.6. The highest BCUT2D eigenvalue weighted by molar-refractivity contribution is 8.00. The van der Waals surface area contributed by atoms with Crippen molar-refractivity contribution in [2.45, 2.75) is 30.6 Å². The van der Waals surface area contributed by atoms with Crippen LogP contribution in [0.2, 0.25) is 0 Å². The van der Waals surface area contributed by atoms with Gasteiger partial charge in [0.15, 0.2) is 0 Å². The van der Waals surface area contributed by atoms with Crippen molar-refractivity contribution in [1.82, 2.24) is 10.6 Å². The molecule has 1 aliphatic rings. The molecule has 0 radical (unpaired) electrons. The van der Waals surface area contributed by atoms with Crippen molar-refractivity contribution in [1.29, 1.82) is 0 Å². The third-order valence-electron chi connectivity index (χ3n) is 3.56. The van der Waals surface area contributed by atoms with E-state index in [4.69, 9.17) is 9.52 Å². The normalized spacial score (nSPS) is 16.2. The molecule has 7 heteroatoms. The Morgan fingerprint density at radius 1 is 1.40 bits per heavy atom. The first-order valence-corrected chi connectivity index (χ1v) is 7.66. The van der Waals surface area contributed by atoms with Gasteiger partial charge in [0.05, 0.1) is 6.54 Å². The summed E-state index contributed by atoms with van der Waals surface area (Å²) in [6, 6.07) is 2.64. The maximum Gasteiger partial charge on any atom is 0.371 e. The van der Waals surface area contributed by atoms with Crippen LogP contribution >= 0.6 is 11.8 Å². The zero-order valence-corrected chi connectivity index (χ0v) is 12.1. The Labute approximate surface area is 121 Å². The minimum Gasteiger partial charge on any atom is -0.475 e. The van der Waals surface area contributed by atoms with E-state index in [0.717, 1.165) is 12.8 Å². The summed E-state index contributed by atoms with van der Waals surface area (Å²) >= 11 is 1.80. The fourth-order valence-electron chi connectivity index (χ4n) is 2.08. The van der Waals surface area contributed by atoms with Gasteiger partial charge in [0, 0.05) is 11.3 Å². The molecule has 0 saturated heterocycles. The Morgan fingerprint density at radius 3 is 2.65 bits per heavy atom. The number of furan rings is 1. The monoisotopic (exact) mass is 298 g/mol. The second-order valence-corrected chi connectivity index (χ2v) is 6.12. The maximum absolute atomic E-state index is 11.7. The molecule has 1 heterocycles. The summed E-state index contributed by atoms with van der Waals surface area (Å²) in [6.07, 6.45) is 5.55. The van der Waals surface area contributed by atoms with Crippen molar-refractivity contribution in [3.05, 3.63) is 23.7 Å². The van der Waals surface area contributed by atoms with E-state index < -0.39 is 5.97 Å². The van der Waals surface area contributed by atoms with E-state index in [2.05, 4.69) is 16.9 Å². The van der Waals surface area contributed by atoms with Gasteiger partial charge >= 0.3 is 12.0 Å². The highest BCUT2D eigenvalue weighted by atomic mass is 32.2. The average Bonchev–Trinajstić information content (AvgIpc) is 2.84. The molecule has 110 valence electrons. The van der Waals surface area contributed by atoms with Crippen molar-refractivity contribution in [2.75, 3.05) is 12.8 Å². The standard InChI is InChI=1S/C13H18N2O4S/c1-20-13(5-2-6-13)8-15-12(18)14-7-9-3-4-10(19-9)11(16)17/h3-4H,2,5-8H2,1H3,(H,16,17)(H2,14,15,18). The van der Waals surface area contributed by atoms with Crippen molar-refractivity contribution in [2.24, 2.45) is 0 Å². The second kappa shape index (κ2) is 6.21. The molecule has 0 aromatic carbocycles. The summed E-state index contributed by atoms with van der Waals surface area (Å²) < 4.78 is 5.24. The molecule has 6 nitrogen and oxygen atoms in total. The van der Waals surface area contributed by atoms with Gasteiger partial charge < -0.3 is 20.2 Å². The van der Waals surface area contributed by atoms with Crippen LogP contribution in [0.1, 0.15) is 35.6 Å². The van der Waals surface area contributed by atoms with Crippen molar-refractivity contribution >= 4 is 23.8 Å². The average molecular weight is 298 g/mol. The van der Waals surface area contributed by atoms with Crippen molar-refractivity contribution in [3.8, 4) is 0 Å². The number of thioether (sulfide) groups is 1. The number of hydrogen-bond donors (Lipinski definition) is 3. The van der Waals surface area contributed by atoms with Crippen LogP contribution in [0.5, 0.6) is 0 Å². The Bertz CT molecular complexity index is 491. The van der Waals surface area contributed by atoms with Crippen molar-refractivity contribution < 1.29 is 19.1 Å². The highest BCUT2D eigenvalue weighted by Crippen LogP contribution is 2.42. The van der Waals surface area contributed by atoms with Crippen LogP contribution in [0.15, 0.2) is 16.5 Å². The van der Waals surface area contributed by atoms with Crippen LogP contribution in [-0.4, -0.2) is 34.7 Å². The van der Waals surface area contributed by atoms with E-state index in [1.165, 1.54) is 12.5 Å². The predicted octanol–water partition coefficient (Wildman–Crippen LogP) is 2.06. The molecule has 0 atom stereocenters. The number of aromatic carboxylic acids is 1. The van der Waals surface area contributed by atoms with Crippen LogP contribution < -0.4 is 10.6 Å². The zero-order valence-electron chi connectivity index (χ0n) is 11.3. The molecule has 2 amide bonds. The topological polar surface area (TPSA) is 91.6 Å². The smallest absolute Gasteiger partial charge is 0.371 e. The van der Waals surface area contributed by atoms with Gasteiger partial charge in [-0.3, -0.25) is 0 Å². The minimum absolute atomic E-state index is 0.127. The molecule has 0 bridgehead atoms. The maximum atomic E-state index is 11.7. The molecule has 3 N–H and O–H groups in total. The van der Waals surface area contributed by atoms with Crippen molar-refractivity contribution in [3.63, 3.8) is 0 Å². The molecule has 1 fully saturated rings. The molecule has 20 heavy (non-hydrogen) atoms. The molecular weight excluding hydrogens is 280 g/mol. The Balaban J connectivity index is 1.73. The van der Waals surface area contributed by atoms with E-state index >= 15 is 0 Å². The second-order valence-electron chi connectivity index (χ2n) is 4.85. The number of carbonyl (C=O) groups is 2. The summed E-state index contributed by atoms with van der Waals surface area (Å²) in [5.41, 5.74) is 0. The van der Waals surface area contributed by atoms with Gasteiger partial charge in [0.2, 0.25) is 5.76 Å². The minimum atomic E-state index is -1.12. The number of nitrogens with one attached hydrogen (secondary N) is 2. The third-order valence-corrected chi connectivity index (χ3v) is 4.98. The fraction of sp³-hybridized carbons (Fsp3) is 0.538. The summed E-state index contributed by atoms with van der Waals surface area (Å²) in [5, 5.41) is 14.2. The molecule has 1 saturated carbocycles. The van der Waals surface area contributed by atoms with Crippen LogP contribution in [0, 0.1) is 0 Å². The quantitative estimate of drug-likeness (QED) is 0.747. The van der Waals surface area contributed by atoms with E-state index in [0.29, 0.717) is 12.3 Å². The Hall–Kier alpha value is -1.63. The van der Waals surface area contributed by atoms with Gasteiger partial charge in [-0.1, -0.05) is 6.42 Å². The lowest BCUT2D eigenvalue weighted by molar-refractivity contribution is 0.0660. The number of rotatable bonds is 6. The number of carboxylic acids is 1. The SMILES string of the molecule is CSC1(CNC(=O)NCc2ccc(C(=O)O)o2)CCC1. The number of amides is 2. The first kappa shape index (κ1) is 14.8. The van der Waals surface area contributed by atoms with Crippen LogP contribution in [-0.2, 0) is 6.54 Å². The first-order valence-electron chi connectivity index (χ1n) is 6.43. The lowest BCUT2D eigenvalue weighted by Crippen LogP contribution is -2.47. The van der Waals surface area contributed by atoms with E-state index in [1.54, 1.807) is 17.8 Å². The van der Waals surface area contributed by atoms with Gasteiger partial charge in [0.1, 0.15) is 5.76 Å².